The summed E-state index contributed by atoms with van der Waals surface area (Å²) in [6, 6.07) is 14.5. The van der Waals surface area contributed by atoms with Crippen LogP contribution in [0.3, 0.4) is 0 Å². The molecule has 1 amide bonds. The Morgan fingerprint density at radius 2 is 1.64 bits per heavy atom. The van der Waals surface area contributed by atoms with Gasteiger partial charge >= 0.3 is 0 Å². The summed E-state index contributed by atoms with van der Waals surface area (Å²) in [7, 11) is 3.20. The maximum absolute atomic E-state index is 11.9. The number of hydrogen-bond donors (Lipinski definition) is 1. The normalized spacial score (nSPS) is 9.91. The van der Waals surface area contributed by atoms with Gasteiger partial charge in [-0.1, -0.05) is 6.07 Å². The molecule has 0 aliphatic carbocycles. The van der Waals surface area contributed by atoms with Crippen LogP contribution in [0.2, 0.25) is 0 Å². The highest BCUT2D eigenvalue weighted by Gasteiger charge is 2.04. The molecule has 0 saturated carbocycles. The smallest absolute Gasteiger partial charge is 0.227 e. The molecule has 2 rings (SSSR count). The maximum atomic E-state index is 11.9. The number of methoxy groups -OCH3 is 2. The lowest BCUT2D eigenvalue weighted by molar-refractivity contribution is -0.116. The predicted molar refractivity (Wildman–Crippen MR) is 84.7 cm³/mol. The molecule has 22 heavy (non-hydrogen) atoms. The van der Waals surface area contributed by atoms with E-state index in [9.17, 15) is 4.79 Å². The van der Waals surface area contributed by atoms with Crippen molar-refractivity contribution in [2.24, 2.45) is 0 Å². The van der Waals surface area contributed by atoms with E-state index in [-0.39, 0.29) is 12.3 Å². The summed E-state index contributed by atoms with van der Waals surface area (Å²) < 4.78 is 15.7. The van der Waals surface area contributed by atoms with Crippen LogP contribution in [0.15, 0.2) is 48.5 Å². The van der Waals surface area contributed by atoms with Crippen molar-refractivity contribution in [3.05, 3.63) is 48.5 Å². The van der Waals surface area contributed by atoms with Gasteiger partial charge in [0.25, 0.3) is 0 Å². The summed E-state index contributed by atoms with van der Waals surface area (Å²) in [5, 5.41) is 2.80. The van der Waals surface area contributed by atoms with Gasteiger partial charge in [0, 0.05) is 11.8 Å². The Morgan fingerprint density at radius 3 is 2.32 bits per heavy atom. The summed E-state index contributed by atoms with van der Waals surface area (Å²) in [6.07, 6.45) is 0.267. The minimum atomic E-state index is -0.109. The van der Waals surface area contributed by atoms with Crippen LogP contribution in [0.25, 0.3) is 0 Å². The molecule has 5 nitrogen and oxygen atoms in total. The van der Waals surface area contributed by atoms with Crippen LogP contribution in [-0.2, 0) is 4.79 Å². The van der Waals surface area contributed by atoms with Gasteiger partial charge in [-0.25, -0.2) is 0 Å². The molecule has 1 N–H and O–H groups in total. The molecule has 0 unspecified atom stereocenters. The van der Waals surface area contributed by atoms with Crippen LogP contribution < -0.4 is 19.5 Å². The first kappa shape index (κ1) is 15.7. The fourth-order valence-corrected chi connectivity index (χ4v) is 1.86. The molecule has 0 fully saturated rings. The van der Waals surface area contributed by atoms with Gasteiger partial charge in [0.2, 0.25) is 5.91 Å². The van der Waals surface area contributed by atoms with Gasteiger partial charge in [0.1, 0.15) is 17.2 Å². The number of amides is 1. The molecule has 0 saturated heterocycles. The molecular formula is C17H19NO4. The lowest BCUT2D eigenvalue weighted by atomic mass is 10.3. The zero-order chi connectivity index (χ0) is 15.8. The van der Waals surface area contributed by atoms with Crippen molar-refractivity contribution >= 4 is 11.6 Å². The van der Waals surface area contributed by atoms with Crippen molar-refractivity contribution in [2.75, 3.05) is 26.1 Å². The van der Waals surface area contributed by atoms with Crippen LogP contribution in [-0.4, -0.2) is 26.7 Å². The number of hydrogen-bond acceptors (Lipinski definition) is 4. The molecule has 0 aromatic heterocycles. The van der Waals surface area contributed by atoms with Crippen molar-refractivity contribution in [2.45, 2.75) is 6.42 Å². The van der Waals surface area contributed by atoms with Gasteiger partial charge in [0.05, 0.1) is 27.2 Å². The van der Waals surface area contributed by atoms with E-state index >= 15 is 0 Å². The van der Waals surface area contributed by atoms with E-state index in [4.69, 9.17) is 14.2 Å². The molecule has 0 aliphatic heterocycles. The third kappa shape index (κ3) is 4.70. The van der Waals surface area contributed by atoms with Crippen LogP contribution in [0.4, 0.5) is 5.69 Å². The highest BCUT2D eigenvalue weighted by Crippen LogP contribution is 2.18. The molecule has 2 aromatic rings. The van der Waals surface area contributed by atoms with Gasteiger partial charge in [-0.3, -0.25) is 4.79 Å². The third-order valence-corrected chi connectivity index (χ3v) is 3.01. The van der Waals surface area contributed by atoms with Crippen LogP contribution in [0, 0.1) is 0 Å². The maximum Gasteiger partial charge on any atom is 0.227 e. The monoisotopic (exact) mass is 301 g/mol. The molecule has 116 valence electrons. The van der Waals surface area contributed by atoms with Gasteiger partial charge in [-0.15, -0.1) is 0 Å². The van der Waals surface area contributed by atoms with E-state index in [1.54, 1.807) is 32.4 Å². The Labute approximate surface area is 129 Å². The Morgan fingerprint density at radius 1 is 0.955 bits per heavy atom. The number of rotatable bonds is 7. The fraction of sp³-hybridized carbons (Fsp3) is 0.235. The standard InChI is InChI=1S/C17H19NO4/c1-20-14-6-8-15(9-7-14)22-11-10-17(19)18-13-4-3-5-16(12-13)21-2/h3-9,12H,10-11H2,1-2H3,(H,18,19). The Hall–Kier alpha value is -2.69. The van der Waals surface area contributed by atoms with Crippen LogP contribution >= 0.6 is 0 Å². The fourth-order valence-electron chi connectivity index (χ4n) is 1.86. The average molecular weight is 301 g/mol. The van der Waals surface area contributed by atoms with Gasteiger partial charge in [-0.05, 0) is 36.4 Å². The first-order valence-corrected chi connectivity index (χ1v) is 6.92. The van der Waals surface area contributed by atoms with E-state index < -0.39 is 0 Å². The summed E-state index contributed by atoms with van der Waals surface area (Å²) in [5.74, 6) is 2.06. The van der Waals surface area contributed by atoms with Crippen molar-refractivity contribution in [1.29, 1.82) is 0 Å². The van der Waals surface area contributed by atoms with Crippen molar-refractivity contribution < 1.29 is 19.0 Å². The lowest BCUT2D eigenvalue weighted by Gasteiger charge is -2.08. The minimum absolute atomic E-state index is 0.109. The quantitative estimate of drug-likeness (QED) is 0.853. The number of anilines is 1. The molecular weight excluding hydrogens is 282 g/mol. The zero-order valence-corrected chi connectivity index (χ0v) is 12.7. The second-order valence-corrected chi connectivity index (χ2v) is 4.55. The molecule has 0 spiro atoms. The molecule has 0 bridgehead atoms. The third-order valence-electron chi connectivity index (χ3n) is 3.01. The number of benzene rings is 2. The average Bonchev–Trinajstić information content (AvgIpc) is 2.55. The molecule has 5 heteroatoms. The second-order valence-electron chi connectivity index (χ2n) is 4.55. The second kappa shape index (κ2) is 7.93. The van der Waals surface area contributed by atoms with Crippen molar-refractivity contribution in [3.8, 4) is 17.2 Å². The zero-order valence-electron chi connectivity index (χ0n) is 12.7. The summed E-state index contributed by atoms with van der Waals surface area (Å²) in [6.45, 7) is 0.308. The number of ether oxygens (including phenoxy) is 3. The van der Waals surface area contributed by atoms with Crippen molar-refractivity contribution in [1.82, 2.24) is 0 Å². The first-order valence-electron chi connectivity index (χ1n) is 6.92. The Balaban J connectivity index is 1.77. The van der Waals surface area contributed by atoms with E-state index in [0.29, 0.717) is 23.8 Å². The van der Waals surface area contributed by atoms with E-state index in [2.05, 4.69) is 5.32 Å². The predicted octanol–water partition coefficient (Wildman–Crippen LogP) is 3.11. The van der Waals surface area contributed by atoms with E-state index in [0.717, 1.165) is 5.75 Å². The summed E-state index contributed by atoms with van der Waals surface area (Å²) >= 11 is 0. The molecule has 0 atom stereocenters. The molecule has 0 radical (unpaired) electrons. The van der Waals surface area contributed by atoms with E-state index in [1.807, 2.05) is 30.3 Å². The van der Waals surface area contributed by atoms with Crippen LogP contribution in [0.1, 0.15) is 6.42 Å². The summed E-state index contributed by atoms with van der Waals surface area (Å²) in [5.41, 5.74) is 0.703. The highest BCUT2D eigenvalue weighted by atomic mass is 16.5. The minimum Gasteiger partial charge on any atom is -0.497 e. The molecule has 0 heterocycles. The Kier molecular flexibility index (Phi) is 5.65. The van der Waals surface area contributed by atoms with Crippen molar-refractivity contribution in [3.63, 3.8) is 0 Å². The first-order chi connectivity index (χ1) is 10.7. The van der Waals surface area contributed by atoms with Crippen LogP contribution in [0.5, 0.6) is 17.2 Å². The lowest BCUT2D eigenvalue weighted by Crippen LogP contribution is -2.15. The topological polar surface area (TPSA) is 56.8 Å². The van der Waals surface area contributed by atoms with E-state index in [1.165, 1.54) is 0 Å². The SMILES string of the molecule is COc1ccc(OCCC(=O)Nc2cccc(OC)c2)cc1. The highest BCUT2D eigenvalue weighted by molar-refractivity contribution is 5.90. The van der Waals surface area contributed by atoms with Gasteiger partial charge in [0.15, 0.2) is 0 Å². The Bertz CT molecular complexity index is 610. The van der Waals surface area contributed by atoms with Gasteiger partial charge < -0.3 is 19.5 Å². The largest absolute Gasteiger partial charge is 0.497 e. The number of carbonyl (C=O) groups excluding carboxylic acids is 1. The molecule has 2 aromatic carbocycles. The molecule has 0 aliphatic rings. The van der Waals surface area contributed by atoms with Gasteiger partial charge in [-0.2, -0.15) is 0 Å². The number of nitrogens with one attached hydrogen (secondary N) is 1. The number of carbonyl (C=O) groups is 1. The summed E-state index contributed by atoms with van der Waals surface area (Å²) in [4.78, 5) is 11.9.